The van der Waals surface area contributed by atoms with Crippen LogP contribution in [0.4, 0.5) is 5.69 Å². The predicted molar refractivity (Wildman–Crippen MR) is 151 cm³/mol. The highest BCUT2D eigenvalue weighted by Crippen LogP contribution is 2.29. The number of nitrogens with zero attached hydrogens (tertiary/aromatic N) is 4. The molecule has 0 aliphatic rings. The Morgan fingerprint density at radius 3 is 2.37 bits per heavy atom. The van der Waals surface area contributed by atoms with E-state index in [2.05, 4.69) is 15.6 Å². The van der Waals surface area contributed by atoms with E-state index >= 15 is 0 Å². The molecule has 38 heavy (non-hydrogen) atoms. The summed E-state index contributed by atoms with van der Waals surface area (Å²) in [5, 5.41) is 9.02. The molecule has 0 saturated carbocycles. The number of carbonyl (C=O) groups excluding carboxylic acids is 1. The van der Waals surface area contributed by atoms with Crippen LogP contribution in [-0.2, 0) is 14.8 Å². The molecule has 0 fully saturated rings. The second-order valence-corrected chi connectivity index (χ2v) is 11.2. The maximum absolute atomic E-state index is 13.6. The maximum atomic E-state index is 13.6. The molecule has 1 amide bonds. The molecule has 1 aromatic heterocycles. The number of hydrazone groups is 1. The summed E-state index contributed by atoms with van der Waals surface area (Å²) in [6.45, 7) is 4.91. The van der Waals surface area contributed by atoms with Gasteiger partial charge >= 0.3 is 0 Å². The third-order valence-electron chi connectivity index (χ3n) is 5.82. The molecular formula is C27H25Cl2N5O3S. The molecule has 0 atom stereocenters. The highest BCUT2D eigenvalue weighted by atomic mass is 35.5. The summed E-state index contributed by atoms with van der Waals surface area (Å²) in [6, 6.07) is 20.7. The number of aryl methyl sites for hydroxylation is 2. The molecular weight excluding hydrogens is 545 g/mol. The quantitative estimate of drug-likeness (QED) is 0.225. The summed E-state index contributed by atoms with van der Waals surface area (Å²) in [6.07, 6.45) is 1.38. The molecule has 1 heterocycles. The Morgan fingerprint density at radius 1 is 1.03 bits per heavy atom. The number of para-hydroxylation sites is 1. The van der Waals surface area contributed by atoms with Crippen LogP contribution in [0.5, 0.6) is 0 Å². The van der Waals surface area contributed by atoms with Crippen molar-refractivity contribution in [3.05, 3.63) is 105 Å². The smallest absolute Gasteiger partial charge is 0.264 e. The predicted octanol–water partition coefficient (Wildman–Crippen LogP) is 5.45. The Morgan fingerprint density at radius 2 is 1.71 bits per heavy atom. The van der Waals surface area contributed by atoms with Crippen molar-refractivity contribution in [1.82, 2.24) is 15.2 Å². The van der Waals surface area contributed by atoms with Crippen molar-refractivity contribution < 1.29 is 13.2 Å². The van der Waals surface area contributed by atoms with Crippen LogP contribution in [0.1, 0.15) is 22.4 Å². The Balaban J connectivity index is 1.58. The number of halogens is 2. The first kappa shape index (κ1) is 27.4. The van der Waals surface area contributed by atoms with E-state index in [1.54, 1.807) is 41.9 Å². The lowest BCUT2D eigenvalue weighted by molar-refractivity contribution is -0.119. The largest absolute Gasteiger partial charge is 0.271 e. The molecule has 3 aromatic carbocycles. The first-order valence-electron chi connectivity index (χ1n) is 11.6. The Kier molecular flexibility index (Phi) is 8.20. The molecule has 0 saturated heterocycles. The van der Waals surface area contributed by atoms with Crippen molar-refractivity contribution in [3.63, 3.8) is 0 Å². The van der Waals surface area contributed by atoms with E-state index in [0.717, 1.165) is 21.2 Å². The van der Waals surface area contributed by atoms with Crippen LogP contribution in [0, 0.1) is 20.8 Å². The Labute approximate surface area is 231 Å². The van der Waals surface area contributed by atoms with Gasteiger partial charge in [0.25, 0.3) is 15.9 Å². The van der Waals surface area contributed by atoms with Gasteiger partial charge in [-0.3, -0.25) is 9.10 Å². The number of aromatic nitrogens is 2. The summed E-state index contributed by atoms with van der Waals surface area (Å²) in [4.78, 5) is 13.0. The number of sulfonamides is 1. The summed E-state index contributed by atoms with van der Waals surface area (Å²) in [5.41, 5.74) is 6.31. The first-order chi connectivity index (χ1) is 18.1. The van der Waals surface area contributed by atoms with Gasteiger partial charge in [-0.25, -0.2) is 18.5 Å². The van der Waals surface area contributed by atoms with Crippen LogP contribution >= 0.6 is 23.2 Å². The van der Waals surface area contributed by atoms with Crippen molar-refractivity contribution in [3.8, 4) is 5.69 Å². The van der Waals surface area contributed by atoms with Gasteiger partial charge < -0.3 is 0 Å². The minimum Gasteiger partial charge on any atom is -0.271 e. The topological polar surface area (TPSA) is 96.7 Å². The Bertz CT molecular complexity index is 1600. The first-order valence-corrected chi connectivity index (χ1v) is 13.8. The zero-order valence-electron chi connectivity index (χ0n) is 20.9. The summed E-state index contributed by atoms with van der Waals surface area (Å²) in [7, 11) is -4.08. The number of amides is 1. The highest BCUT2D eigenvalue weighted by molar-refractivity contribution is 7.92. The Hall–Kier alpha value is -3.66. The zero-order chi connectivity index (χ0) is 27.4. The zero-order valence-corrected chi connectivity index (χ0v) is 23.2. The van der Waals surface area contributed by atoms with Crippen molar-refractivity contribution in [1.29, 1.82) is 0 Å². The highest BCUT2D eigenvalue weighted by Gasteiger charge is 2.28. The van der Waals surface area contributed by atoms with Crippen molar-refractivity contribution >= 4 is 51.0 Å². The van der Waals surface area contributed by atoms with E-state index in [4.69, 9.17) is 23.2 Å². The van der Waals surface area contributed by atoms with Crippen LogP contribution in [0.3, 0.4) is 0 Å². The van der Waals surface area contributed by atoms with E-state index in [9.17, 15) is 13.2 Å². The second kappa shape index (κ2) is 11.4. The summed E-state index contributed by atoms with van der Waals surface area (Å²) in [5.74, 6) is -0.643. The average molecular weight is 571 g/mol. The van der Waals surface area contributed by atoms with Gasteiger partial charge in [-0.15, -0.1) is 0 Å². The summed E-state index contributed by atoms with van der Waals surface area (Å²) < 4.78 is 29.9. The molecule has 0 aliphatic carbocycles. The maximum Gasteiger partial charge on any atom is 0.264 e. The van der Waals surface area contributed by atoms with Gasteiger partial charge in [-0.1, -0.05) is 59.1 Å². The molecule has 0 aliphatic heterocycles. The molecule has 0 unspecified atom stereocenters. The molecule has 11 heteroatoms. The van der Waals surface area contributed by atoms with Gasteiger partial charge in [0.15, 0.2) is 5.15 Å². The molecule has 1 N–H and O–H groups in total. The molecule has 196 valence electrons. The van der Waals surface area contributed by atoms with Gasteiger partial charge in [-0.05, 0) is 68.8 Å². The SMILES string of the molecule is Cc1ccc(S(=O)(=O)N(CC(=O)N/N=C\c2c(Cl)nn(-c3ccccc3)c2C)c2ccc(Cl)cc2C)cc1. The van der Waals surface area contributed by atoms with E-state index < -0.39 is 22.5 Å². The number of carbonyl (C=O) groups is 1. The lowest BCUT2D eigenvalue weighted by Crippen LogP contribution is -2.40. The van der Waals surface area contributed by atoms with Crippen LogP contribution in [0.25, 0.3) is 5.69 Å². The number of rotatable bonds is 8. The monoisotopic (exact) mass is 569 g/mol. The molecule has 8 nitrogen and oxygen atoms in total. The van der Waals surface area contributed by atoms with E-state index in [1.165, 1.54) is 18.3 Å². The van der Waals surface area contributed by atoms with Gasteiger partial charge in [0.1, 0.15) is 6.54 Å². The second-order valence-electron chi connectivity index (χ2n) is 8.59. The third kappa shape index (κ3) is 5.91. The van der Waals surface area contributed by atoms with Crippen LogP contribution in [-0.4, -0.2) is 36.9 Å². The van der Waals surface area contributed by atoms with E-state index in [-0.39, 0.29) is 10.0 Å². The summed E-state index contributed by atoms with van der Waals surface area (Å²) >= 11 is 12.4. The number of benzene rings is 3. The number of nitrogens with one attached hydrogen (secondary N) is 1. The van der Waals surface area contributed by atoms with Gasteiger partial charge in [0.05, 0.1) is 33.7 Å². The minimum absolute atomic E-state index is 0.0597. The lowest BCUT2D eigenvalue weighted by Gasteiger charge is -2.25. The third-order valence-corrected chi connectivity index (χ3v) is 8.11. The van der Waals surface area contributed by atoms with Gasteiger partial charge in [0, 0.05) is 5.02 Å². The fraction of sp³-hybridized carbons (Fsp3) is 0.148. The van der Waals surface area contributed by atoms with Crippen molar-refractivity contribution in [2.45, 2.75) is 25.7 Å². The lowest BCUT2D eigenvalue weighted by atomic mass is 10.2. The standard InChI is InChI=1S/C27H25Cl2N5O3S/c1-18-9-12-23(13-10-18)38(36,37)33(25-14-11-21(28)15-19(25)2)17-26(35)31-30-16-24-20(3)34(32-27(24)29)22-7-5-4-6-8-22/h4-16H,17H2,1-3H3,(H,31,35)/b30-16-. The molecule has 4 rings (SSSR count). The van der Waals surface area contributed by atoms with Crippen LogP contribution in [0.2, 0.25) is 10.2 Å². The average Bonchev–Trinajstić information content (AvgIpc) is 3.17. The van der Waals surface area contributed by atoms with E-state index in [0.29, 0.717) is 21.8 Å². The minimum atomic E-state index is -4.08. The number of anilines is 1. The molecule has 0 spiro atoms. The number of hydrogen-bond acceptors (Lipinski definition) is 5. The molecule has 0 bridgehead atoms. The van der Waals surface area contributed by atoms with Gasteiger partial charge in [0.2, 0.25) is 0 Å². The molecule has 4 aromatic rings. The van der Waals surface area contributed by atoms with E-state index in [1.807, 2.05) is 44.2 Å². The fourth-order valence-corrected chi connectivity index (χ4v) is 5.79. The van der Waals surface area contributed by atoms with Crippen LogP contribution in [0.15, 0.2) is 82.8 Å². The normalized spacial score (nSPS) is 11.6. The van der Waals surface area contributed by atoms with Crippen molar-refractivity contribution in [2.24, 2.45) is 5.10 Å². The van der Waals surface area contributed by atoms with Crippen LogP contribution < -0.4 is 9.73 Å². The number of hydrogen-bond donors (Lipinski definition) is 1. The van der Waals surface area contributed by atoms with Gasteiger partial charge in [-0.2, -0.15) is 10.2 Å². The fourth-order valence-electron chi connectivity index (χ4n) is 3.82. The molecule has 0 radical (unpaired) electrons. The van der Waals surface area contributed by atoms with Crippen molar-refractivity contribution in [2.75, 3.05) is 10.8 Å².